The average Bonchev–Trinajstić information content (AvgIpc) is 2.76. The van der Waals surface area contributed by atoms with Gasteiger partial charge in [0, 0.05) is 11.0 Å². The standard InChI is InChI=1S/C14H17Br2N3/c1-4-19-14(12(16)8-18-19)13(17-3)10-5-6-11(15)9(2)7-10/h5-8,13,17H,4H2,1-3H3. The van der Waals surface area contributed by atoms with Crippen LogP contribution in [-0.4, -0.2) is 16.8 Å². The quantitative estimate of drug-likeness (QED) is 0.858. The zero-order valence-corrected chi connectivity index (χ0v) is 14.4. The third-order valence-electron chi connectivity index (χ3n) is 3.21. The van der Waals surface area contributed by atoms with E-state index in [1.807, 2.05) is 17.9 Å². The third kappa shape index (κ3) is 2.93. The molecule has 0 saturated heterocycles. The van der Waals surface area contributed by atoms with Gasteiger partial charge in [0.1, 0.15) is 0 Å². The van der Waals surface area contributed by atoms with Crippen LogP contribution in [0.2, 0.25) is 0 Å². The minimum Gasteiger partial charge on any atom is -0.308 e. The number of benzene rings is 1. The lowest BCUT2D eigenvalue weighted by atomic mass is 10.0. The summed E-state index contributed by atoms with van der Waals surface area (Å²) in [6.45, 7) is 5.06. The van der Waals surface area contributed by atoms with Crippen LogP contribution >= 0.6 is 31.9 Å². The van der Waals surface area contributed by atoms with Gasteiger partial charge in [0.2, 0.25) is 0 Å². The highest BCUT2D eigenvalue weighted by atomic mass is 79.9. The molecule has 19 heavy (non-hydrogen) atoms. The van der Waals surface area contributed by atoms with E-state index in [4.69, 9.17) is 0 Å². The van der Waals surface area contributed by atoms with Crippen LogP contribution in [0.4, 0.5) is 0 Å². The summed E-state index contributed by atoms with van der Waals surface area (Å²) in [6, 6.07) is 6.56. The Morgan fingerprint density at radius 2 is 2.05 bits per heavy atom. The van der Waals surface area contributed by atoms with Crippen molar-refractivity contribution in [1.29, 1.82) is 0 Å². The smallest absolute Gasteiger partial charge is 0.0757 e. The Morgan fingerprint density at radius 1 is 1.32 bits per heavy atom. The van der Waals surface area contributed by atoms with E-state index in [0.29, 0.717) is 0 Å². The number of aromatic nitrogens is 2. The summed E-state index contributed by atoms with van der Waals surface area (Å²) in [5.74, 6) is 0. The lowest BCUT2D eigenvalue weighted by Crippen LogP contribution is -2.22. The number of nitrogens with one attached hydrogen (secondary N) is 1. The molecule has 0 aliphatic rings. The molecule has 0 fully saturated rings. The van der Waals surface area contributed by atoms with Gasteiger partial charge in [0.25, 0.3) is 0 Å². The van der Waals surface area contributed by atoms with Crippen molar-refractivity contribution in [2.45, 2.75) is 26.4 Å². The molecule has 0 radical (unpaired) electrons. The van der Waals surface area contributed by atoms with Gasteiger partial charge in [-0.05, 0) is 54.0 Å². The molecule has 1 heterocycles. The molecular weight excluding hydrogens is 370 g/mol. The van der Waals surface area contributed by atoms with Crippen LogP contribution in [0, 0.1) is 6.92 Å². The number of rotatable bonds is 4. The van der Waals surface area contributed by atoms with Crippen molar-refractivity contribution in [3.05, 3.63) is 50.2 Å². The first-order valence-electron chi connectivity index (χ1n) is 6.23. The summed E-state index contributed by atoms with van der Waals surface area (Å²) >= 11 is 7.14. The molecular formula is C14H17Br2N3. The van der Waals surface area contributed by atoms with Crippen molar-refractivity contribution in [2.75, 3.05) is 7.05 Å². The van der Waals surface area contributed by atoms with Crippen molar-refractivity contribution >= 4 is 31.9 Å². The molecule has 1 atom stereocenters. The number of hydrogen-bond donors (Lipinski definition) is 1. The lowest BCUT2D eigenvalue weighted by Gasteiger charge is -2.19. The first kappa shape index (κ1) is 14.8. The number of nitrogens with zero attached hydrogens (tertiary/aromatic N) is 2. The van der Waals surface area contributed by atoms with Gasteiger partial charge in [-0.3, -0.25) is 4.68 Å². The van der Waals surface area contributed by atoms with Gasteiger partial charge in [-0.25, -0.2) is 0 Å². The zero-order valence-electron chi connectivity index (χ0n) is 11.2. The largest absolute Gasteiger partial charge is 0.308 e. The summed E-state index contributed by atoms with van der Waals surface area (Å²) in [5, 5.41) is 7.77. The predicted octanol–water partition coefficient (Wildman–Crippen LogP) is 4.05. The molecule has 0 saturated carbocycles. The van der Waals surface area contributed by atoms with E-state index in [9.17, 15) is 0 Å². The van der Waals surface area contributed by atoms with E-state index in [1.54, 1.807) is 0 Å². The van der Waals surface area contributed by atoms with Gasteiger partial charge in [-0.15, -0.1) is 0 Å². The van der Waals surface area contributed by atoms with Crippen molar-refractivity contribution in [1.82, 2.24) is 15.1 Å². The predicted molar refractivity (Wildman–Crippen MR) is 85.4 cm³/mol. The van der Waals surface area contributed by atoms with Crippen LogP contribution in [0.1, 0.15) is 29.8 Å². The highest BCUT2D eigenvalue weighted by Gasteiger charge is 2.20. The number of aryl methyl sites for hydroxylation is 2. The van der Waals surface area contributed by atoms with Crippen molar-refractivity contribution in [2.24, 2.45) is 0 Å². The fourth-order valence-corrected chi connectivity index (χ4v) is 2.99. The maximum absolute atomic E-state index is 4.39. The number of halogens is 2. The fraction of sp³-hybridized carbons (Fsp3) is 0.357. The molecule has 5 heteroatoms. The van der Waals surface area contributed by atoms with Crippen molar-refractivity contribution in [3.63, 3.8) is 0 Å². The van der Waals surface area contributed by atoms with Gasteiger partial charge in [-0.1, -0.05) is 28.1 Å². The SMILES string of the molecule is CCn1ncc(Br)c1C(NC)c1ccc(Br)c(C)c1. The first-order valence-corrected chi connectivity index (χ1v) is 7.81. The van der Waals surface area contributed by atoms with Crippen LogP contribution < -0.4 is 5.32 Å². The summed E-state index contributed by atoms with van der Waals surface area (Å²) < 4.78 is 4.19. The maximum Gasteiger partial charge on any atom is 0.0757 e. The van der Waals surface area contributed by atoms with Crippen LogP contribution in [-0.2, 0) is 6.54 Å². The Balaban J connectivity index is 2.49. The second kappa shape index (κ2) is 6.20. The second-order valence-corrected chi connectivity index (χ2v) is 6.13. The number of hydrogen-bond acceptors (Lipinski definition) is 2. The van der Waals surface area contributed by atoms with Crippen LogP contribution in [0.3, 0.4) is 0 Å². The fourth-order valence-electron chi connectivity index (χ4n) is 2.22. The molecule has 2 rings (SSSR count). The van der Waals surface area contributed by atoms with Crippen molar-refractivity contribution < 1.29 is 0 Å². The van der Waals surface area contributed by atoms with Crippen molar-refractivity contribution in [3.8, 4) is 0 Å². The molecule has 1 unspecified atom stereocenters. The zero-order chi connectivity index (χ0) is 14.0. The highest BCUT2D eigenvalue weighted by Crippen LogP contribution is 2.30. The molecule has 0 bridgehead atoms. The summed E-state index contributed by atoms with van der Waals surface area (Å²) in [6.07, 6.45) is 1.86. The lowest BCUT2D eigenvalue weighted by molar-refractivity contribution is 0.561. The molecule has 0 aliphatic heterocycles. The second-order valence-electron chi connectivity index (χ2n) is 4.42. The first-order chi connectivity index (χ1) is 9.08. The third-order valence-corrected chi connectivity index (χ3v) is 4.71. The molecule has 1 aromatic heterocycles. The van der Waals surface area contributed by atoms with Gasteiger partial charge >= 0.3 is 0 Å². The Hall–Kier alpha value is -0.650. The summed E-state index contributed by atoms with van der Waals surface area (Å²) in [5.41, 5.74) is 3.63. The van der Waals surface area contributed by atoms with E-state index >= 15 is 0 Å². The van der Waals surface area contributed by atoms with E-state index < -0.39 is 0 Å². The molecule has 3 nitrogen and oxygen atoms in total. The minimum atomic E-state index is 0.128. The molecule has 1 N–H and O–H groups in total. The monoisotopic (exact) mass is 385 g/mol. The Morgan fingerprint density at radius 3 is 2.63 bits per heavy atom. The van der Waals surface area contributed by atoms with E-state index in [-0.39, 0.29) is 6.04 Å². The van der Waals surface area contributed by atoms with Gasteiger partial charge in [0.05, 0.1) is 22.4 Å². The molecule has 102 valence electrons. The van der Waals surface area contributed by atoms with E-state index in [2.05, 4.69) is 74.3 Å². The van der Waals surface area contributed by atoms with Gasteiger partial charge < -0.3 is 5.32 Å². The Labute approximate surface area is 130 Å². The topological polar surface area (TPSA) is 29.9 Å². The van der Waals surface area contributed by atoms with Gasteiger partial charge in [-0.2, -0.15) is 5.10 Å². The molecule has 0 spiro atoms. The molecule has 1 aromatic carbocycles. The molecule has 0 aliphatic carbocycles. The minimum absolute atomic E-state index is 0.128. The Bertz CT molecular complexity index is 578. The maximum atomic E-state index is 4.39. The normalized spacial score (nSPS) is 12.7. The van der Waals surface area contributed by atoms with E-state index in [1.165, 1.54) is 11.1 Å². The summed E-state index contributed by atoms with van der Waals surface area (Å²) in [7, 11) is 1.97. The van der Waals surface area contributed by atoms with Crippen LogP contribution in [0.15, 0.2) is 33.3 Å². The van der Waals surface area contributed by atoms with E-state index in [0.717, 1.165) is 21.2 Å². The van der Waals surface area contributed by atoms with Crippen LogP contribution in [0.5, 0.6) is 0 Å². The summed E-state index contributed by atoms with van der Waals surface area (Å²) in [4.78, 5) is 0. The van der Waals surface area contributed by atoms with Gasteiger partial charge in [0.15, 0.2) is 0 Å². The Kier molecular flexibility index (Phi) is 4.81. The highest BCUT2D eigenvalue weighted by molar-refractivity contribution is 9.10. The van der Waals surface area contributed by atoms with Crippen LogP contribution in [0.25, 0.3) is 0 Å². The average molecular weight is 387 g/mol. The molecule has 2 aromatic rings. The molecule has 0 amide bonds.